The van der Waals surface area contributed by atoms with E-state index < -0.39 is 0 Å². The van der Waals surface area contributed by atoms with Crippen LogP contribution in [0.4, 0.5) is 0 Å². The quantitative estimate of drug-likeness (QED) is 0.484. The van der Waals surface area contributed by atoms with Crippen LogP contribution in [0.5, 0.6) is 5.75 Å². The molecule has 4 aromatic rings. The molecule has 0 saturated heterocycles. The minimum absolute atomic E-state index is 0.679. The Bertz CT molecular complexity index is 1130. The van der Waals surface area contributed by atoms with Crippen LogP contribution in [0.15, 0.2) is 73.1 Å². The molecule has 0 saturated carbocycles. The molecule has 0 aliphatic heterocycles. The molecule has 5 nitrogen and oxygen atoms in total. The zero-order chi connectivity index (χ0) is 20.2. The largest absolute Gasteiger partial charge is 0.497 e. The van der Waals surface area contributed by atoms with Crippen LogP contribution in [0.3, 0.4) is 0 Å². The second kappa shape index (κ2) is 8.19. The molecule has 0 unspecified atom stereocenters. The second-order valence-corrected chi connectivity index (χ2v) is 7.09. The number of rotatable bonds is 6. The molecule has 2 heterocycles. The molecule has 29 heavy (non-hydrogen) atoms. The monoisotopic (exact) mass is 384 g/mol. The molecule has 0 spiro atoms. The Morgan fingerprint density at radius 2 is 1.76 bits per heavy atom. The van der Waals surface area contributed by atoms with Gasteiger partial charge in [-0.3, -0.25) is 0 Å². The highest BCUT2D eigenvalue weighted by atomic mass is 16.5. The Hall–Kier alpha value is -3.60. The van der Waals surface area contributed by atoms with E-state index in [9.17, 15) is 0 Å². The Balaban J connectivity index is 1.86. The van der Waals surface area contributed by atoms with Crippen molar-refractivity contribution in [3.63, 3.8) is 0 Å². The SMILES string of the molecule is COc1ccc(Cn2c(-c3ccccc3)nc3c(C=CN(C)C)ccnc32)cc1. The van der Waals surface area contributed by atoms with Crippen molar-refractivity contribution < 1.29 is 4.74 Å². The first-order chi connectivity index (χ1) is 14.2. The smallest absolute Gasteiger partial charge is 0.161 e. The van der Waals surface area contributed by atoms with Gasteiger partial charge in [-0.25, -0.2) is 9.97 Å². The summed E-state index contributed by atoms with van der Waals surface area (Å²) in [6.07, 6.45) is 5.95. The molecule has 2 aromatic carbocycles. The number of methoxy groups -OCH3 is 1. The summed E-state index contributed by atoms with van der Waals surface area (Å²) >= 11 is 0. The van der Waals surface area contributed by atoms with Gasteiger partial charge in [0, 0.05) is 31.4 Å². The summed E-state index contributed by atoms with van der Waals surface area (Å²) in [5.74, 6) is 1.76. The summed E-state index contributed by atoms with van der Waals surface area (Å²) in [5, 5.41) is 0. The lowest BCUT2D eigenvalue weighted by Crippen LogP contribution is -2.03. The molecule has 0 fully saturated rings. The van der Waals surface area contributed by atoms with Crippen molar-refractivity contribution in [3.8, 4) is 17.1 Å². The number of hydrogen-bond donors (Lipinski definition) is 0. The van der Waals surface area contributed by atoms with Crippen molar-refractivity contribution in [1.82, 2.24) is 19.4 Å². The van der Waals surface area contributed by atoms with E-state index in [-0.39, 0.29) is 0 Å². The van der Waals surface area contributed by atoms with Crippen molar-refractivity contribution in [2.24, 2.45) is 0 Å². The molecular formula is C24H24N4O. The van der Waals surface area contributed by atoms with Crippen molar-refractivity contribution in [2.45, 2.75) is 6.54 Å². The van der Waals surface area contributed by atoms with Gasteiger partial charge in [0.15, 0.2) is 5.65 Å². The van der Waals surface area contributed by atoms with Crippen LogP contribution in [-0.4, -0.2) is 40.6 Å². The topological polar surface area (TPSA) is 43.2 Å². The lowest BCUT2D eigenvalue weighted by atomic mass is 10.2. The molecule has 0 bridgehead atoms. The van der Waals surface area contributed by atoms with Gasteiger partial charge < -0.3 is 14.2 Å². The van der Waals surface area contributed by atoms with Gasteiger partial charge in [-0.05, 0) is 36.0 Å². The summed E-state index contributed by atoms with van der Waals surface area (Å²) in [4.78, 5) is 11.7. The molecule has 2 aromatic heterocycles. The van der Waals surface area contributed by atoms with Gasteiger partial charge in [-0.2, -0.15) is 0 Å². The molecular weight excluding hydrogens is 360 g/mol. The zero-order valence-corrected chi connectivity index (χ0v) is 16.9. The van der Waals surface area contributed by atoms with Gasteiger partial charge in [-0.15, -0.1) is 0 Å². The maximum absolute atomic E-state index is 5.29. The van der Waals surface area contributed by atoms with Crippen LogP contribution in [0, 0.1) is 0 Å². The van der Waals surface area contributed by atoms with Crippen LogP contribution in [-0.2, 0) is 6.54 Å². The fourth-order valence-corrected chi connectivity index (χ4v) is 3.27. The molecule has 0 aliphatic rings. The third-order valence-corrected chi connectivity index (χ3v) is 4.75. The average Bonchev–Trinajstić information content (AvgIpc) is 3.12. The van der Waals surface area contributed by atoms with Crippen LogP contribution in [0.25, 0.3) is 28.6 Å². The number of imidazole rings is 1. The van der Waals surface area contributed by atoms with Crippen molar-refractivity contribution in [3.05, 3.63) is 84.2 Å². The van der Waals surface area contributed by atoms with Gasteiger partial charge in [0.1, 0.15) is 17.1 Å². The zero-order valence-electron chi connectivity index (χ0n) is 16.9. The lowest BCUT2D eigenvalue weighted by molar-refractivity contribution is 0.414. The van der Waals surface area contributed by atoms with Gasteiger partial charge >= 0.3 is 0 Å². The van der Waals surface area contributed by atoms with Gasteiger partial charge in [0.25, 0.3) is 0 Å². The summed E-state index contributed by atoms with van der Waals surface area (Å²) < 4.78 is 7.47. The Morgan fingerprint density at radius 3 is 2.45 bits per heavy atom. The molecule has 0 radical (unpaired) electrons. The number of fused-ring (bicyclic) bond motifs is 1. The molecule has 146 valence electrons. The van der Waals surface area contributed by atoms with E-state index in [0.717, 1.165) is 33.9 Å². The van der Waals surface area contributed by atoms with Crippen molar-refractivity contribution >= 4 is 17.2 Å². The van der Waals surface area contributed by atoms with E-state index in [1.165, 1.54) is 5.56 Å². The summed E-state index contributed by atoms with van der Waals surface area (Å²) in [6, 6.07) is 20.4. The summed E-state index contributed by atoms with van der Waals surface area (Å²) in [5.41, 5.74) is 5.06. The molecule has 0 aliphatic carbocycles. The fraction of sp³-hybridized carbons (Fsp3) is 0.167. The van der Waals surface area contributed by atoms with E-state index in [0.29, 0.717) is 6.54 Å². The first-order valence-electron chi connectivity index (χ1n) is 9.54. The maximum atomic E-state index is 5.29. The number of benzene rings is 2. The van der Waals surface area contributed by atoms with Crippen LogP contribution >= 0.6 is 0 Å². The fourth-order valence-electron chi connectivity index (χ4n) is 3.27. The Kier molecular flexibility index (Phi) is 5.29. The van der Waals surface area contributed by atoms with Crippen molar-refractivity contribution in [1.29, 1.82) is 0 Å². The number of aromatic nitrogens is 3. The standard InChI is InChI=1S/C24H24N4O/c1-27(2)16-14-19-13-15-25-24-22(19)26-23(20-7-5-4-6-8-20)28(24)17-18-9-11-21(29-3)12-10-18/h4-16H,17H2,1-3H3. The van der Waals surface area contributed by atoms with Gasteiger partial charge in [0.2, 0.25) is 0 Å². The average molecular weight is 384 g/mol. The Labute approximate surface area is 170 Å². The van der Waals surface area contributed by atoms with Crippen LogP contribution in [0.1, 0.15) is 11.1 Å². The number of nitrogens with zero attached hydrogens (tertiary/aromatic N) is 4. The normalized spacial score (nSPS) is 11.3. The molecule has 0 atom stereocenters. The lowest BCUT2D eigenvalue weighted by Gasteiger charge is -2.10. The first kappa shape index (κ1) is 18.7. The number of pyridine rings is 1. The minimum Gasteiger partial charge on any atom is -0.497 e. The van der Waals surface area contributed by atoms with Gasteiger partial charge in [-0.1, -0.05) is 42.5 Å². The van der Waals surface area contributed by atoms with E-state index in [2.05, 4.69) is 39.9 Å². The summed E-state index contributed by atoms with van der Waals surface area (Å²) in [7, 11) is 5.69. The molecule has 5 heteroatoms. The second-order valence-electron chi connectivity index (χ2n) is 7.09. The van der Waals surface area contributed by atoms with E-state index in [1.54, 1.807) is 7.11 Å². The van der Waals surface area contributed by atoms with Crippen LogP contribution in [0.2, 0.25) is 0 Å². The maximum Gasteiger partial charge on any atom is 0.161 e. The number of hydrogen-bond acceptors (Lipinski definition) is 4. The molecule has 0 amide bonds. The summed E-state index contributed by atoms with van der Waals surface area (Å²) in [6.45, 7) is 0.679. The van der Waals surface area contributed by atoms with E-state index >= 15 is 0 Å². The first-order valence-corrected chi connectivity index (χ1v) is 9.54. The predicted molar refractivity (Wildman–Crippen MR) is 118 cm³/mol. The molecule has 0 N–H and O–H groups in total. The van der Waals surface area contributed by atoms with E-state index in [1.807, 2.05) is 67.8 Å². The van der Waals surface area contributed by atoms with Crippen molar-refractivity contribution in [2.75, 3.05) is 21.2 Å². The minimum atomic E-state index is 0.679. The molecule has 4 rings (SSSR count). The van der Waals surface area contributed by atoms with Crippen LogP contribution < -0.4 is 4.74 Å². The predicted octanol–water partition coefficient (Wildman–Crippen LogP) is 4.69. The van der Waals surface area contributed by atoms with E-state index in [4.69, 9.17) is 9.72 Å². The third-order valence-electron chi connectivity index (χ3n) is 4.75. The third kappa shape index (κ3) is 3.99. The number of ether oxygens (including phenoxy) is 1. The highest BCUT2D eigenvalue weighted by Gasteiger charge is 2.16. The Morgan fingerprint density at radius 1 is 1.00 bits per heavy atom. The highest BCUT2D eigenvalue weighted by Crippen LogP contribution is 2.27. The highest BCUT2D eigenvalue weighted by molar-refractivity contribution is 5.85. The van der Waals surface area contributed by atoms with Gasteiger partial charge in [0.05, 0.1) is 13.7 Å².